The van der Waals surface area contributed by atoms with Crippen molar-refractivity contribution in [3.63, 3.8) is 0 Å². The Kier molecular flexibility index (Phi) is 5.24. The van der Waals surface area contributed by atoms with Gasteiger partial charge in [0.2, 0.25) is 5.91 Å². The normalized spacial score (nSPS) is 16.8. The Hall–Kier alpha value is -2.53. The first-order chi connectivity index (χ1) is 12.1. The van der Waals surface area contributed by atoms with Crippen molar-refractivity contribution >= 4 is 29.2 Å². The van der Waals surface area contributed by atoms with Gasteiger partial charge in [-0.15, -0.1) is 0 Å². The Morgan fingerprint density at radius 1 is 1.16 bits per heavy atom. The number of carbonyl (C=O) groups excluding carboxylic acids is 2. The number of hydrogen-bond donors (Lipinski definition) is 0. The van der Waals surface area contributed by atoms with Crippen molar-refractivity contribution < 1.29 is 19.1 Å². The fourth-order valence-electron chi connectivity index (χ4n) is 2.78. The molecule has 1 fully saturated rings. The number of anilines is 1. The van der Waals surface area contributed by atoms with Crippen LogP contribution >= 0.6 is 11.6 Å². The number of carbonyl (C=O) groups is 2. The van der Waals surface area contributed by atoms with E-state index in [2.05, 4.69) is 0 Å². The van der Waals surface area contributed by atoms with Crippen LogP contribution in [-0.4, -0.2) is 25.0 Å². The number of amides is 1. The van der Waals surface area contributed by atoms with Gasteiger partial charge < -0.3 is 14.4 Å². The van der Waals surface area contributed by atoms with Crippen LogP contribution in [0.5, 0.6) is 11.5 Å². The molecular weight excluding hydrogens is 342 g/mol. The summed E-state index contributed by atoms with van der Waals surface area (Å²) in [5.74, 6) is -0.210. The molecule has 2 aromatic carbocycles. The third-order valence-electron chi connectivity index (χ3n) is 3.96. The zero-order chi connectivity index (χ0) is 17.8. The number of ether oxygens (including phenoxy) is 2. The molecular formula is C19H18ClNO4. The van der Waals surface area contributed by atoms with Gasteiger partial charge in [-0.3, -0.25) is 9.59 Å². The van der Waals surface area contributed by atoms with Gasteiger partial charge in [0.1, 0.15) is 11.5 Å². The highest BCUT2D eigenvalue weighted by atomic mass is 35.5. The van der Waals surface area contributed by atoms with E-state index in [9.17, 15) is 9.59 Å². The molecule has 1 amide bonds. The summed E-state index contributed by atoms with van der Waals surface area (Å²) in [4.78, 5) is 26.4. The summed E-state index contributed by atoms with van der Waals surface area (Å²) in [5.41, 5.74) is 0.669. The van der Waals surface area contributed by atoms with Gasteiger partial charge >= 0.3 is 5.97 Å². The second kappa shape index (κ2) is 7.57. The lowest BCUT2D eigenvalue weighted by Crippen LogP contribution is -2.27. The maximum Gasteiger partial charge on any atom is 0.316 e. The molecule has 1 aliphatic rings. The molecule has 0 N–H and O–H groups in total. The van der Waals surface area contributed by atoms with Crippen LogP contribution in [0.3, 0.4) is 0 Å². The molecule has 0 bridgehead atoms. The van der Waals surface area contributed by atoms with Gasteiger partial charge in [0.05, 0.1) is 23.2 Å². The number of esters is 1. The molecule has 1 heterocycles. The van der Waals surface area contributed by atoms with Crippen molar-refractivity contribution in [3.05, 3.63) is 53.6 Å². The highest BCUT2D eigenvalue weighted by Crippen LogP contribution is 2.34. The molecule has 6 heteroatoms. The van der Waals surface area contributed by atoms with Crippen molar-refractivity contribution in [2.24, 2.45) is 5.92 Å². The minimum atomic E-state index is -0.543. The minimum absolute atomic E-state index is 0.101. The van der Waals surface area contributed by atoms with E-state index in [0.29, 0.717) is 28.8 Å². The van der Waals surface area contributed by atoms with Crippen LogP contribution in [0.25, 0.3) is 0 Å². The van der Waals surface area contributed by atoms with Crippen LogP contribution in [0, 0.1) is 5.92 Å². The molecule has 0 radical (unpaired) electrons. The summed E-state index contributed by atoms with van der Waals surface area (Å²) in [6.07, 6.45) is 0.101. The van der Waals surface area contributed by atoms with Gasteiger partial charge in [0.15, 0.2) is 0 Å². The molecule has 1 atom stereocenters. The van der Waals surface area contributed by atoms with Gasteiger partial charge in [0.25, 0.3) is 0 Å². The number of hydrogen-bond acceptors (Lipinski definition) is 4. The topological polar surface area (TPSA) is 55.8 Å². The molecule has 0 spiro atoms. The number of nitrogens with zero attached hydrogens (tertiary/aromatic N) is 1. The van der Waals surface area contributed by atoms with Crippen molar-refractivity contribution in [1.82, 2.24) is 0 Å². The fourth-order valence-corrected chi connectivity index (χ4v) is 2.95. The van der Waals surface area contributed by atoms with Crippen molar-refractivity contribution in [3.8, 4) is 11.5 Å². The highest BCUT2D eigenvalue weighted by molar-refractivity contribution is 6.32. The van der Waals surface area contributed by atoms with Crippen LogP contribution in [-0.2, 0) is 9.59 Å². The van der Waals surface area contributed by atoms with E-state index in [1.165, 1.54) is 0 Å². The van der Waals surface area contributed by atoms with Crippen LogP contribution in [0.1, 0.15) is 13.3 Å². The van der Waals surface area contributed by atoms with E-state index in [0.717, 1.165) is 0 Å². The highest BCUT2D eigenvalue weighted by Gasteiger charge is 2.37. The van der Waals surface area contributed by atoms with Crippen LogP contribution in [0.2, 0.25) is 5.02 Å². The Morgan fingerprint density at radius 3 is 2.56 bits per heavy atom. The lowest BCUT2D eigenvalue weighted by molar-refractivity contribution is -0.139. The first kappa shape index (κ1) is 17.3. The molecule has 130 valence electrons. The third kappa shape index (κ3) is 3.77. The Morgan fingerprint density at radius 2 is 1.84 bits per heavy atom. The van der Waals surface area contributed by atoms with Crippen LogP contribution in [0.15, 0.2) is 48.5 Å². The summed E-state index contributed by atoms with van der Waals surface area (Å²) in [6.45, 7) is 2.63. The quantitative estimate of drug-likeness (QED) is 0.603. The maximum absolute atomic E-state index is 12.4. The third-order valence-corrected chi connectivity index (χ3v) is 4.27. The summed E-state index contributed by atoms with van der Waals surface area (Å²) < 4.78 is 10.9. The number of benzene rings is 2. The van der Waals surface area contributed by atoms with Gasteiger partial charge in [-0.05, 0) is 31.2 Å². The summed E-state index contributed by atoms with van der Waals surface area (Å²) in [7, 11) is 0. The summed E-state index contributed by atoms with van der Waals surface area (Å²) in [5, 5.41) is 0.360. The smallest absolute Gasteiger partial charge is 0.316 e. The summed E-state index contributed by atoms with van der Waals surface area (Å²) in [6, 6.07) is 14.1. The van der Waals surface area contributed by atoms with Gasteiger partial charge in [-0.1, -0.05) is 35.9 Å². The molecule has 0 unspecified atom stereocenters. The first-order valence-corrected chi connectivity index (χ1v) is 8.46. The Balaban J connectivity index is 1.74. The fraction of sp³-hybridized carbons (Fsp3) is 0.263. The Labute approximate surface area is 151 Å². The predicted molar refractivity (Wildman–Crippen MR) is 95.2 cm³/mol. The monoisotopic (exact) mass is 359 g/mol. The molecule has 25 heavy (non-hydrogen) atoms. The van der Waals surface area contributed by atoms with Crippen LogP contribution < -0.4 is 14.4 Å². The Bertz CT molecular complexity index is 792. The second-order valence-corrected chi connectivity index (χ2v) is 6.06. The van der Waals surface area contributed by atoms with Crippen molar-refractivity contribution in [2.75, 3.05) is 18.1 Å². The standard InChI is InChI=1S/C19H18ClNO4/c1-2-24-17-10-6-4-8-15(17)21-12-13(11-18(21)22)19(23)25-16-9-5-3-7-14(16)20/h3-10,13H,2,11-12H2,1H3/t13-/m1/s1. The molecule has 0 saturated carbocycles. The molecule has 0 aliphatic carbocycles. The van der Waals surface area contributed by atoms with Gasteiger partial charge in [-0.2, -0.15) is 0 Å². The molecule has 1 saturated heterocycles. The SMILES string of the molecule is CCOc1ccccc1N1C[C@H](C(=O)Oc2ccccc2Cl)CC1=O. The van der Waals surface area contributed by atoms with Crippen molar-refractivity contribution in [2.45, 2.75) is 13.3 Å². The first-order valence-electron chi connectivity index (χ1n) is 8.08. The average molecular weight is 360 g/mol. The predicted octanol–water partition coefficient (Wildman–Crippen LogP) is 3.70. The molecule has 2 aromatic rings. The van der Waals surface area contributed by atoms with E-state index in [-0.39, 0.29) is 18.9 Å². The van der Waals surface area contributed by atoms with E-state index in [1.807, 2.05) is 31.2 Å². The lowest BCUT2D eigenvalue weighted by Gasteiger charge is -2.20. The van der Waals surface area contributed by atoms with Crippen molar-refractivity contribution in [1.29, 1.82) is 0 Å². The van der Waals surface area contributed by atoms with E-state index >= 15 is 0 Å². The molecule has 3 rings (SSSR count). The minimum Gasteiger partial charge on any atom is -0.492 e. The van der Waals surface area contributed by atoms with E-state index in [4.69, 9.17) is 21.1 Å². The number of halogens is 1. The van der Waals surface area contributed by atoms with Gasteiger partial charge in [0, 0.05) is 13.0 Å². The second-order valence-electron chi connectivity index (χ2n) is 5.66. The largest absolute Gasteiger partial charge is 0.492 e. The average Bonchev–Trinajstić information content (AvgIpc) is 2.99. The molecule has 5 nitrogen and oxygen atoms in total. The van der Waals surface area contributed by atoms with E-state index in [1.54, 1.807) is 29.2 Å². The molecule has 0 aromatic heterocycles. The zero-order valence-electron chi connectivity index (χ0n) is 13.8. The summed E-state index contributed by atoms with van der Waals surface area (Å²) >= 11 is 6.01. The van der Waals surface area contributed by atoms with Crippen LogP contribution in [0.4, 0.5) is 5.69 Å². The lowest BCUT2D eigenvalue weighted by atomic mass is 10.1. The maximum atomic E-state index is 12.4. The number of rotatable bonds is 5. The zero-order valence-corrected chi connectivity index (χ0v) is 14.5. The number of para-hydroxylation sites is 3. The van der Waals surface area contributed by atoms with Gasteiger partial charge in [-0.25, -0.2) is 0 Å². The van der Waals surface area contributed by atoms with E-state index < -0.39 is 11.9 Å². The molecule has 1 aliphatic heterocycles.